The van der Waals surface area contributed by atoms with E-state index >= 15 is 0 Å². The third kappa shape index (κ3) is 4.27. The molecular weight excluding hydrogens is 378 g/mol. The summed E-state index contributed by atoms with van der Waals surface area (Å²) < 4.78 is 0. The fraction of sp³-hybridized carbons (Fsp3) is 0.333. The van der Waals surface area contributed by atoms with E-state index in [2.05, 4.69) is 51.6 Å². The lowest BCUT2D eigenvalue weighted by Crippen LogP contribution is -2.32. The summed E-state index contributed by atoms with van der Waals surface area (Å²) in [5.41, 5.74) is 15.1. The van der Waals surface area contributed by atoms with Crippen LogP contribution in [0, 0.1) is 22.8 Å². The lowest BCUT2D eigenvalue weighted by molar-refractivity contribution is 0.320. The van der Waals surface area contributed by atoms with Crippen molar-refractivity contribution in [2.45, 2.75) is 32.4 Å². The van der Waals surface area contributed by atoms with E-state index in [0.29, 0.717) is 11.4 Å². The maximum Gasteiger partial charge on any atom is 0.211 e. The van der Waals surface area contributed by atoms with Gasteiger partial charge in [0.1, 0.15) is 29.3 Å². The zero-order valence-electron chi connectivity index (χ0n) is 17.1. The maximum atomic E-state index is 9.44. The van der Waals surface area contributed by atoms with E-state index in [-0.39, 0.29) is 23.0 Å². The average molecular weight is 403 g/mol. The SMILES string of the molecule is CCCCN(C)Cc1cccc(C2N=C(NC#N)Nc3nc(N)c(C#N)c(N)c32)c1. The van der Waals surface area contributed by atoms with Gasteiger partial charge in [-0.15, -0.1) is 0 Å². The van der Waals surface area contributed by atoms with Crippen LogP contribution in [-0.2, 0) is 6.54 Å². The molecule has 9 heteroatoms. The molecule has 2 heterocycles. The predicted molar refractivity (Wildman–Crippen MR) is 117 cm³/mol. The molecule has 2 aromatic rings. The van der Waals surface area contributed by atoms with E-state index in [0.717, 1.165) is 37.1 Å². The van der Waals surface area contributed by atoms with Gasteiger partial charge >= 0.3 is 0 Å². The van der Waals surface area contributed by atoms with Gasteiger partial charge in [0.2, 0.25) is 5.96 Å². The highest BCUT2D eigenvalue weighted by atomic mass is 15.2. The Bertz CT molecular complexity index is 1050. The van der Waals surface area contributed by atoms with Gasteiger partial charge in [0, 0.05) is 12.1 Å². The molecule has 1 unspecified atom stereocenters. The second-order valence-electron chi connectivity index (χ2n) is 7.24. The monoisotopic (exact) mass is 403 g/mol. The molecule has 0 bridgehead atoms. The summed E-state index contributed by atoms with van der Waals surface area (Å²) in [6, 6.07) is 9.54. The molecule has 1 atom stereocenters. The first kappa shape index (κ1) is 20.9. The van der Waals surface area contributed by atoms with E-state index in [1.807, 2.05) is 24.4 Å². The summed E-state index contributed by atoms with van der Waals surface area (Å²) in [4.78, 5) is 11.2. The van der Waals surface area contributed by atoms with E-state index in [4.69, 9.17) is 16.7 Å². The van der Waals surface area contributed by atoms with Crippen molar-refractivity contribution in [3.8, 4) is 12.3 Å². The van der Waals surface area contributed by atoms with E-state index in [1.54, 1.807) is 0 Å². The average Bonchev–Trinajstić information content (AvgIpc) is 2.72. The van der Waals surface area contributed by atoms with Crippen molar-refractivity contribution in [2.75, 3.05) is 30.4 Å². The molecule has 0 saturated heterocycles. The summed E-state index contributed by atoms with van der Waals surface area (Å²) in [7, 11) is 2.10. The minimum absolute atomic E-state index is 0.0320. The number of hydrogen-bond donors (Lipinski definition) is 4. The molecule has 1 aromatic heterocycles. The van der Waals surface area contributed by atoms with Crippen LogP contribution in [0.4, 0.5) is 17.3 Å². The van der Waals surface area contributed by atoms with Crippen LogP contribution >= 0.6 is 0 Å². The molecule has 0 spiro atoms. The molecule has 0 saturated carbocycles. The number of nitrogens with zero attached hydrogens (tertiary/aromatic N) is 5. The summed E-state index contributed by atoms with van der Waals surface area (Å²) in [6.07, 6.45) is 4.15. The molecule has 6 N–H and O–H groups in total. The van der Waals surface area contributed by atoms with Gasteiger partial charge in [-0.05, 0) is 31.1 Å². The Hall–Kier alpha value is -3.82. The number of anilines is 3. The minimum Gasteiger partial charge on any atom is -0.397 e. The molecular formula is C21H25N9. The summed E-state index contributed by atoms with van der Waals surface area (Å²) in [5, 5.41) is 23.9. The highest BCUT2D eigenvalue weighted by Crippen LogP contribution is 2.40. The summed E-state index contributed by atoms with van der Waals surface area (Å²) >= 11 is 0. The Balaban J connectivity index is 2.04. The molecule has 9 nitrogen and oxygen atoms in total. The molecule has 3 rings (SSSR count). The van der Waals surface area contributed by atoms with Crippen LogP contribution in [0.3, 0.4) is 0 Å². The number of nitrogen functional groups attached to an aromatic ring is 2. The Kier molecular flexibility index (Phi) is 6.35. The molecule has 1 aliphatic rings. The van der Waals surface area contributed by atoms with Crippen LogP contribution in [0.25, 0.3) is 0 Å². The number of nitrogens with two attached hydrogens (primary N) is 2. The van der Waals surface area contributed by atoms with Crippen molar-refractivity contribution in [3.05, 3.63) is 46.5 Å². The number of guanidine groups is 1. The molecule has 0 radical (unpaired) electrons. The van der Waals surface area contributed by atoms with Gasteiger partial charge in [-0.2, -0.15) is 10.5 Å². The Morgan fingerprint density at radius 1 is 1.30 bits per heavy atom. The van der Waals surface area contributed by atoms with Crippen LogP contribution in [0.5, 0.6) is 0 Å². The van der Waals surface area contributed by atoms with Gasteiger partial charge in [-0.1, -0.05) is 37.6 Å². The number of benzene rings is 1. The normalized spacial score (nSPS) is 14.8. The van der Waals surface area contributed by atoms with Crippen LogP contribution in [0.15, 0.2) is 29.3 Å². The van der Waals surface area contributed by atoms with Gasteiger partial charge in [-0.25, -0.2) is 9.98 Å². The van der Waals surface area contributed by atoms with Gasteiger partial charge in [-0.3, -0.25) is 5.32 Å². The van der Waals surface area contributed by atoms with Gasteiger partial charge in [0.25, 0.3) is 0 Å². The molecule has 0 amide bonds. The quantitative estimate of drug-likeness (QED) is 0.423. The smallest absolute Gasteiger partial charge is 0.211 e. The molecule has 0 fully saturated rings. The largest absolute Gasteiger partial charge is 0.397 e. The molecule has 0 aliphatic carbocycles. The van der Waals surface area contributed by atoms with Crippen molar-refractivity contribution in [3.63, 3.8) is 0 Å². The third-order valence-electron chi connectivity index (χ3n) is 4.97. The maximum absolute atomic E-state index is 9.44. The first-order valence-electron chi connectivity index (χ1n) is 9.74. The Labute approximate surface area is 176 Å². The van der Waals surface area contributed by atoms with Crippen molar-refractivity contribution in [1.29, 1.82) is 10.5 Å². The van der Waals surface area contributed by atoms with E-state index in [9.17, 15) is 5.26 Å². The first-order valence-corrected chi connectivity index (χ1v) is 9.74. The van der Waals surface area contributed by atoms with Crippen molar-refractivity contribution < 1.29 is 0 Å². The fourth-order valence-corrected chi connectivity index (χ4v) is 3.50. The van der Waals surface area contributed by atoms with E-state index in [1.165, 1.54) is 0 Å². The highest BCUT2D eigenvalue weighted by molar-refractivity contribution is 5.98. The van der Waals surface area contributed by atoms with E-state index < -0.39 is 6.04 Å². The number of unbranched alkanes of at least 4 members (excludes halogenated alkanes) is 1. The molecule has 154 valence electrons. The summed E-state index contributed by atoms with van der Waals surface area (Å²) in [6.45, 7) is 4.00. The van der Waals surface area contributed by atoms with Crippen molar-refractivity contribution in [2.24, 2.45) is 4.99 Å². The first-order chi connectivity index (χ1) is 14.5. The molecule has 1 aromatic carbocycles. The number of nitriles is 2. The van der Waals surface area contributed by atoms with Crippen LogP contribution in [0.2, 0.25) is 0 Å². The number of nitrogens with one attached hydrogen (secondary N) is 2. The van der Waals surface area contributed by atoms with Crippen LogP contribution in [0.1, 0.15) is 48.1 Å². The minimum atomic E-state index is -0.529. The zero-order valence-corrected chi connectivity index (χ0v) is 17.1. The summed E-state index contributed by atoms with van der Waals surface area (Å²) in [5.74, 6) is 0.660. The highest BCUT2D eigenvalue weighted by Gasteiger charge is 2.29. The van der Waals surface area contributed by atoms with Gasteiger partial charge < -0.3 is 21.7 Å². The number of pyridine rings is 1. The number of fused-ring (bicyclic) bond motifs is 1. The zero-order chi connectivity index (χ0) is 21.7. The Morgan fingerprint density at radius 2 is 2.10 bits per heavy atom. The van der Waals surface area contributed by atoms with Gasteiger partial charge in [0.15, 0.2) is 6.19 Å². The van der Waals surface area contributed by atoms with Crippen LogP contribution < -0.4 is 22.1 Å². The van der Waals surface area contributed by atoms with Crippen molar-refractivity contribution in [1.82, 2.24) is 15.2 Å². The third-order valence-corrected chi connectivity index (χ3v) is 4.97. The standard InChI is InChI=1S/C21H25N9/c1-3-4-8-30(2)11-13-6-5-7-14(9-13)18-16-17(24)15(10-22)19(25)28-20(16)29-21(27-18)26-12-23/h5-7,9,18H,3-4,8,11H2,1-2H3,(H6,24,25,26,27,28,29). The Morgan fingerprint density at radius 3 is 2.80 bits per heavy atom. The molecule has 1 aliphatic heterocycles. The lowest BCUT2D eigenvalue weighted by atomic mass is 9.94. The fourth-order valence-electron chi connectivity index (χ4n) is 3.50. The topological polar surface area (TPSA) is 152 Å². The predicted octanol–water partition coefficient (Wildman–Crippen LogP) is 2.29. The second kappa shape index (κ2) is 9.12. The number of aliphatic imine (C=N–C) groups is 1. The number of rotatable bonds is 6. The number of hydrogen-bond acceptors (Lipinski definition) is 9. The van der Waals surface area contributed by atoms with Crippen LogP contribution in [-0.4, -0.2) is 29.4 Å². The lowest BCUT2D eigenvalue weighted by Gasteiger charge is -2.26. The molecule has 30 heavy (non-hydrogen) atoms. The second-order valence-corrected chi connectivity index (χ2v) is 7.24. The van der Waals surface area contributed by atoms with Crippen molar-refractivity contribution >= 4 is 23.3 Å². The number of aromatic nitrogens is 1. The van der Waals surface area contributed by atoms with Gasteiger partial charge in [0.05, 0.1) is 5.69 Å².